The number of aromatic nitrogens is 4. The Morgan fingerprint density at radius 2 is 1.97 bits per heavy atom. The highest BCUT2D eigenvalue weighted by atomic mass is 19.3. The zero-order valence-corrected chi connectivity index (χ0v) is 22.0. The van der Waals surface area contributed by atoms with Gasteiger partial charge in [0.05, 0.1) is 28.7 Å². The monoisotopic (exact) mass is 543 g/mol. The fraction of sp³-hybridized carbons (Fsp3) is 0.500. The Hall–Kier alpha value is -3.47. The van der Waals surface area contributed by atoms with Gasteiger partial charge in [0.15, 0.2) is 5.82 Å². The molecule has 1 atom stereocenters. The molecule has 3 aromatic heterocycles. The fourth-order valence-electron chi connectivity index (χ4n) is 5.07. The highest BCUT2D eigenvalue weighted by Crippen LogP contribution is 2.44. The Bertz CT molecular complexity index is 1310. The first-order valence-corrected chi connectivity index (χ1v) is 13.4. The summed E-state index contributed by atoms with van der Waals surface area (Å²) in [5.41, 5.74) is 2.03. The third kappa shape index (κ3) is 6.24. The molecule has 0 bridgehead atoms. The summed E-state index contributed by atoms with van der Waals surface area (Å²) < 4.78 is 55.4. The van der Waals surface area contributed by atoms with Gasteiger partial charge in [0.1, 0.15) is 6.23 Å². The Morgan fingerprint density at radius 1 is 1.18 bits per heavy atom. The fourth-order valence-corrected chi connectivity index (χ4v) is 5.07. The molecule has 208 valence electrons. The molecule has 1 saturated carbocycles. The van der Waals surface area contributed by atoms with Gasteiger partial charge in [-0.3, -0.25) is 9.78 Å². The average Bonchev–Trinajstić information content (AvgIpc) is 3.41. The largest absolute Gasteiger partial charge is 0.473 e. The third-order valence-corrected chi connectivity index (χ3v) is 7.07. The summed E-state index contributed by atoms with van der Waals surface area (Å²) in [5.74, 6) is -4.55. The van der Waals surface area contributed by atoms with Crippen molar-refractivity contribution in [1.82, 2.24) is 19.7 Å². The van der Waals surface area contributed by atoms with E-state index in [0.717, 1.165) is 25.3 Å². The van der Waals surface area contributed by atoms with Crippen LogP contribution in [0.2, 0.25) is 0 Å². The van der Waals surface area contributed by atoms with E-state index in [-0.39, 0.29) is 55.4 Å². The smallest absolute Gasteiger partial charge is 0.257 e. The summed E-state index contributed by atoms with van der Waals surface area (Å²) in [4.78, 5) is 21.8. The first kappa shape index (κ1) is 27.1. The summed E-state index contributed by atoms with van der Waals surface area (Å²) >= 11 is 0. The van der Waals surface area contributed by atoms with E-state index >= 15 is 0 Å². The second-order valence-electron chi connectivity index (χ2n) is 10.4. The summed E-state index contributed by atoms with van der Waals surface area (Å²) in [6.45, 7) is 4.16. The van der Waals surface area contributed by atoms with Crippen molar-refractivity contribution in [2.24, 2.45) is 0 Å². The number of anilines is 1. The Balaban J connectivity index is 1.48. The highest BCUT2D eigenvalue weighted by molar-refractivity contribution is 6.06. The van der Waals surface area contributed by atoms with E-state index in [1.807, 2.05) is 12.3 Å². The standard InChI is InChI=1S/C28H32F3N5O3/c1-17(2)39-27-21(29)15-19(16-33-27)26(37)34-25-20(22-9-13-36(35-22)23-5-3-4-14-38-23)8-12-32-24(25)18-6-10-28(30,31)11-7-18/h8-9,12-13,15-18,23H,3-7,10-11,14H2,1-2H3,(H,34,37). The molecule has 3 aromatic rings. The molecule has 11 heteroatoms. The molecule has 5 rings (SSSR count). The quantitative estimate of drug-likeness (QED) is 0.365. The zero-order valence-electron chi connectivity index (χ0n) is 22.0. The minimum absolute atomic E-state index is 0.0133. The third-order valence-electron chi connectivity index (χ3n) is 7.07. The molecule has 1 aliphatic heterocycles. The van der Waals surface area contributed by atoms with Gasteiger partial charge in [-0.05, 0) is 64.2 Å². The highest BCUT2D eigenvalue weighted by Gasteiger charge is 2.37. The van der Waals surface area contributed by atoms with Crippen LogP contribution in [0.5, 0.6) is 5.88 Å². The number of amides is 1. The molecule has 0 spiro atoms. The van der Waals surface area contributed by atoms with Gasteiger partial charge < -0.3 is 14.8 Å². The number of rotatable bonds is 7. The lowest BCUT2D eigenvalue weighted by atomic mass is 9.83. The van der Waals surface area contributed by atoms with E-state index < -0.39 is 17.6 Å². The van der Waals surface area contributed by atoms with Gasteiger partial charge in [-0.25, -0.2) is 22.8 Å². The van der Waals surface area contributed by atoms with E-state index in [4.69, 9.17) is 14.6 Å². The van der Waals surface area contributed by atoms with Crippen LogP contribution in [0.15, 0.2) is 36.8 Å². The molecular weight excluding hydrogens is 511 g/mol. The van der Waals surface area contributed by atoms with E-state index in [1.54, 1.807) is 30.8 Å². The van der Waals surface area contributed by atoms with Crippen LogP contribution in [0.1, 0.15) is 87.0 Å². The van der Waals surface area contributed by atoms with Crippen molar-refractivity contribution in [2.45, 2.75) is 83.0 Å². The van der Waals surface area contributed by atoms with Crippen LogP contribution in [0.25, 0.3) is 11.3 Å². The first-order valence-electron chi connectivity index (χ1n) is 13.4. The van der Waals surface area contributed by atoms with Crippen LogP contribution in [-0.4, -0.2) is 44.3 Å². The molecule has 8 nitrogen and oxygen atoms in total. The number of pyridine rings is 2. The lowest BCUT2D eigenvalue weighted by Gasteiger charge is -2.29. The predicted molar refractivity (Wildman–Crippen MR) is 138 cm³/mol. The number of nitrogens with zero attached hydrogens (tertiary/aromatic N) is 4. The van der Waals surface area contributed by atoms with Crippen molar-refractivity contribution in [3.63, 3.8) is 0 Å². The lowest BCUT2D eigenvalue weighted by Crippen LogP contribution is -2.25. The van der Waals surface area contributed by atoms with Crippen molar-refractivity contribution in [3.05, 3.63) is 53.9 Å². The summed E-state index contributed by atoms with van der Waals surface area (Å²) in [6, 6.07) is 4.61. The SMILES string of the molecule is CC(C)Oc1ncc(C(=O)Nc2c(-c3ccn(C4CCCCO4)n3)ccnc2C2CCC(F)(F)CC2)cc1F. The minimum atomic E-state index is -2.71. The second kappa shape index (κ2) is 11.3. The molecule has 2 fully saturated rings. The van der Waals surface area contributed by atoms with Crippen molar-refractivity contribution < 1.29 is 27.4 Å². The number of carbonyl (C=O) groups excluding carboxylic acids is 1. The van der Waals surface area contributed by atoms with E-state index in [1.165, 1.54) is 6.20 Å². The van der Waals surface area contributed by atoms with Gasteiger partial charge in [0.25, 0.3) is 11.8 Å². The maximum Gasteiger partial charge on any atom is 0.257 e. The van der Waals surface area contributed by atoms with Crippen LogP contribution < -0.4 is 10.1 Å². The molecule has 39 heavy (non-hydrogen) atoms. The maximum atomic E-state index is 14.6. The molecule has 4 heterocycles. The van der Waals surface area contributed by atoms with Gasteiger partial charge in [0, 0.05) is 49.5 Å². The molecule has 1 saturated heterocycles. The molecule has 1 amide bonds. The van der Waals surface area contributed by atoms with Crippen LogP contribution >= 0.6 is 0 Å². The van der Waals surface area contributed by atoms with Crippen LogP contribution in [-0.2, 0) is 4.74 Å². The molecule has 1 N–H and O–H groups in total. The van der Waals surface area contributed by atoms with Crippen LogP contribution in [0.3, 0.4) is 0 Å². The molecule has 0 aromatic carbocycles. The summed E-state index contributed by atoms with van der Waals surface area (Å²) in [7, 11) is 0. The van der Waals surface area contributed by atoms with E-state index in [2.05, 4.69) is 15.3 Å². The summed E-state index contributed by atoms with van der Waals surface area (Å²) in [5, 5.41) is 7.58. The number of nitrogens with one attached hydrogen (secondary N) is 1. The number of hydrogen-bond acceptors (Lipinski definition) is 6. The average molecular weight is 544 g/mol. The topological polar surface area (TPSA) is 91.2 Å². The van der Waals surface area contributed by atoms with Crippen molar-refractivity contribution in [1.29, 1.82) is 0 Å². The van der Waals surface area contributed by atoms with Gasteiger partial charge >= 0.3 is 0 Å². The maximum absolute atomic E-state index is 14.6. The zero-order chi connectivity index (χ0) is 27.6. The molecule has 0 radical (unpaired) electrons. The predicted octanol–water partition coefficient (Wildman–Crippen LogP) is 6.51. The number of halogens is 3. The summed E-state index contributed by atoms with van der Waals surface area (Å²) in [6.07, 6.45) is 7.05. The van der Waals surface area contributed by atoms with Gasteiger partial charge in [0.2, 0.25) is 5.92 Å². The van der Waals surface area contributed by atoms with Gasteiger partial charge in [-0.1, -0.05) is 0 Å². The normalized spacial score (nSPS) is 19.7. The first-order chi connectivity index (χ1) is 18.7. The molecule has 1 unspecified atom stereocenters. The Kier molecular flexibility index (Phi) is 7.88. The Morgan fingerprint density at radius 3 is 2.67 bits per heavy atom. The molecule has 1 aliphatic carbocycles. The van der Waals surface area contributed by atoms with E-state index in [0.29, 0.717) is 29.2 Å². The second-order valence-corrected chi connectivity index (χ2v) is 10.4. The van der Waals surface area contributed by atoms with Crippen LogP contribution in [0, 0.1) is 5.82 Å². The van der Waals surface area contributed by atoms with E-state index in [9.17, 15) is 18.0 Å². The van der Waals surface area contributed by atoms with Crippen molar-refractivity contribution in [3.8, 4) is 17.1 Å². The van der Waals surface area contributed by atoms with Crippen molar-refractivity contribution in [2.75, 3.05) is 11.9 Å². The number of carbonyl (C=O) groups is 1. The lowest BCUT2D eigenvalue weighted by molar-refractivity contribution is -0.0393. The van der Waals surface area contributed by atoms with Gasteiger partial charge in [-0.15, -0.1) is 0 Å². The minimum Gasteiger partial charge on any atom is -0.473 e. The number of alkyl halides is 2. The number of hydrogen-bond donors (Lipinski definition) is 1. The van der Waals surface area contributed by atoms with Gasteiger partial charge in [-0.2, -0.15) is 5.10 Å². The van der Waals surface area contributed by atoms with Crippen molar-refractivity contribution >= 4 is 11.6 Å². The van der Waals surface area contributed by atoms with Crippen LogP contribution in [0.4, 0.5) is 18.9 Å². The Labute approximate surface area is 224 Å². The molecule has 2 aliphatic rings. The molecular formula is C28H32F3N5O3. The number of ether oxygens (including phenoxy) is 2.